The fourth-order valence-corrected chi connectivity index (χ4v) is 3.67. The van der Waals surface area contributed by atoms with Crippen LogP contribution < -0.4 is 31.9 Å². The minimum absolute atomic E-state index is 0. The number of nitrogens with one attached hydrogen (secondary N) is 1. The Kier molecular flexibility index (Phi) is 7.98. The predicted molar refractivity (Wildman–Crippen MR) is 115 cm³/mol. The summed E-state index contributed by atoms with van der Waals surface area (Å²) in [5.74, 6) is 2.30. The van der Waals surface area contributed by atoms with Crippen molar-refractivity contribution in [1.29, 1.82) is 0 Å². The Hall–Kier alpha value is -1.82. The Morgan fingerprint density at radius 3 is 2.40 bits per heavy atom. The number of fused-ring (bicyclic) bond motifs is 1. The molecule has 0 aromatic heterocycles. The molecule has 1 aliphatic heterocycles. The Morgan fingerprint density at radius 1 is 0.800 bits per heavy atom. The fourth-order valence-electron chi connectivity index (χ4n) is 3.01. The van der Waals surface area contributed by atoms with Gasteiger partial charge in [-0.1, -0.05) is 46.9 Å². The van der Waals surface area contributed by atoms with Gasteiger partial charge in [0.25, 0.3) is 0 Å². The highest BCUT2D eigenvalue weighted by molar-refractivity contribution is 6.35. The molecule has 158 valence electrons. The van der Waals surface area contributed by atoms with Crippen molar-refractivity contribution in [2.75, 3.05) is 6.79 Å². The number of halogens is 4. The van der Waals surface area contributed by atoms with Gasteiger partial charge >= 0.3 is 0 Å². The summed E-state index contributed by atoms with van der Waals surface area (Å²) in [6.07, 6.45) is 0. The predicted octanol–water partition coefficient (Wildman–Crippen LogP) is 3.25. The van der Waals surface area contributed by atoms with E-state index in [-0.39, 0.29) is 19.2 Å². The fraction of sp³-hybridized carbons (Fsp3) is 0.182. The van der Waals surface area contributed by atoms with Crippen LogP contribution in [0.5, 0.6) is 17.2 Å². The molecular weight excluding hydrogens is 468 g/mol. The summed E-state index contributed by atoms with van der Waals surface area (Å²) in [6.45, 7) is 1.88. The third-order valence-corrected chi connectivity index (χ3v) is 5.32. The molecule has 1 N–H and O–H groups in total. The van der Waals surface area contributed by atoms with E-state index >= 15 is 0 Å². The molecule has 8 heteroatoms. The standard InChI is InChI=1S/C22H18Cl3NO3.ClH/c23-17-4-6-20(27-12-15-2-3-18(24)9-19(15)25)16(8-17)11-26-10-14-1-5-21-22(7-14)29-13-28-21;/h1-9,26H,10-13H2;1H/p-1. The summed E-state index contributed by atoms with van der Waals surface area (Å²) >= 11 is 18.4. The van der Waals surface area contributed by atoms with Gasteiger partial charge in [0.1, 0.15) is 12.4 Å². The SMILES string of the molecule is Clc1ccc(COc2ccc(Cl)cc2CNCc2ccc3c(c2)OCO3)c(Cl)c1.[Cl-]. The first kappa shape index (κ1) is 22.9. The minimum Gasteiger partial charge on any atom is -1.00 e. The van der Waals surface area contributed by atoms with Gasteiger partial charge in [0.2, 0.25) is 6.79 Å². The van der Waals surface area contributed by atoms with Crippen LogP contribution >= 0.6 is 34.8 Å². The van der Waals surface area contributed by atoms with E-state index in [4.69, 9.17) is 49.0 Å². The monoisotopic (exact) mass is 484 g/mol. The molecule has 4 nitrogen and oxygen atoms in total. The normalized spacial score (nSPS) is 11.8. The van der Waals surface area contributed by atoms with Gasteiger partial charge in [-0.25, -0.2) is 0 Å². The number of ether oxygens (including phenoxy) is 3. The van der Waals surface area contributed by atoms with Crippen LogP contribution in [0.3, 0.4) is 0 Å². The maximum absolute atomic E-state index is 6.24. The van der Waals surface area contributed by atoms with Crippen molar-refractivity contribution in [2.24, 2.45) is 0 Å². The van der Waals surface area contributed by atoms with E-state index < -0.39 is 0 Å². The third-order valence-electron chi connectivity index (χ3n) is 4.50. The van der Waals surface area contributed by atoms with Crippen LogP contribution in [0, 0.1) is 0 Å². The van der Waals surface area contributed by atoms with Crippen molar-refractivity contribution < 1.29 is 26.6 Å². The molecule has 0 radical (unpaired) electrons. The zero-order valence-corrected chi connectivity index (χ0v) is 18.8. The lowest BCUT2D eigenvalue weighted by Gasteiger charge is -2.14. The average molecular weight is 486 g/mol. The van der Waals surface area contributed by atoms with Gasteiger partial charge in [-0.3, -0.25) is 0 Å². The first-order valence-corrected chi connectivity index (χ1v) is 10.2. The topological polar surface area (TPSA) is 39.7 Å². The first-order chi connectivity index (χ1) is 14.1. The van der Waals surface area contributed by atoms with E-state index in [0.29, 0.717) is 34.8 Å². The summed E-state index contributed by atoms with van der Waals surface area (Å²) in [5, 5.41) is 5.24. The van der Waals surface area contributed by atoms with Crippen LogP contribution in [-0.4, -0.2) is 6.79 Å². The minimum atomic E-state index is 0. The van der Waals surface area contributed by atoms with Gasteiger partial charge in [0.05, 0.1) is 0 Å². The summed E-state index contributed by atoms with van der Waals surface area (Å²) < 4.78 is 16.8. The van der Waals surface area contributed by atoms with Crippen LogP contribution in [0.4, 0.5) is 0 Å². The van der Waals surface area contributed by atoms with E-state index in [0.717, 1.165) is 33.9 Å². The molecule has 0 fully saturated rings. The molecule has 0 unspecified atom stereocenters. The second-order valence-electron chi connectivity index (χ2n) is 6.57. The molecule has 0 atom stereocenters. The van der Waals surface area contributed by atoms with E-state index in [2.05, 4.69) is 5.32 Å². The molecule has 1 aliphatic rings. The molecule has 0 saturated carbocycles. The van der Waals surface area contributed by atoms with Crippen molar-refractivity contribution in [3.05, 3.63) is 86.4 Å². The molecule has 0 saturated heterocycles. The highest BCUT2D eigenvalue weighted by Gasteiger charge is 2.13. The van der Waals surface area contributed by atoms with Crippen LogP contribution in [0.1, 0.15) is 16.7 Å². The highest BCUT2D eigenvalue weighted by atomic mass is 35.5. The lowest BCUT2D eigenvalue weighted by atomic mass is 10.1. The Labute approximate surface area is 196 Å². The zero-order valence-electron chi connectivity index (χ0n) is 15.8. The van der Waals surface area contributed by atoms with Gasteiger partial charge in [-0.15, -0.1) is 0 Å². The van der Waals surface area contributed by atoms with Gasteiger partial charge in [-0.2, -0.15) is 0 Å². The van der Waals surface area contributed by atoms with Gasteiger partial charge in [-0.05, 0) is 48.0 Å². The molecule has 3 aromatic rings. The van der Waals surface area contributed by atoms with Crippen molar-refractivity contribution in [3.8, 4) is 17.2 Å². The smallest absolute Gasteiger partial charge is 0.231 e. The lowest BCUT2D eigenvalue weighted by molar-refractivity contribution is -0.00000741. The Morgan fingerprint density at radius 2 is 1.57 bits per heavy atom. The maximum atomic E-state index is 6.24. The molecule has 3 aromatic carbocycles. The molecule has 0 aliphatic carbocycles. The summed E-state index contributed by atoms with van der Waals surface area (Å²) in [5.41, 5.74) is 2.93. The van der Waals surface area contributed by atoms with Gasteiger partial charge in [0.15, 0.2) is 11.5 Å². The summed E-state index contributed by atoms with van der Waals surface area (Å²) in [4.78, 5) is 0. The molecule has 30 heavy (non-hydrogen) atoms. The number of rotatable bonds is 7. The summed E-state index contributed by atoms with van der Waals surface area (Å²) in [6, 6.07) is 16.8. The van der Waals surface area contributed by atoms with Crippen molar-refractivity contribution >= 4 is 34.8 Å². The number of hydrogen-bond donors (Lipinski definition) is 1. The van der Waals surface area contributed by atoms with Crippen molar-refractivity contribution in [2.45, 2.75) is 19.7 Å². The van der Waals surface area contributed by atoms with E-state index in [1.165, 1.54) is 0 Å². The largest absolute Gasteiger partial charge is 1.00 e. The quantitative estimate of drug-likeness (QED) is 0.557. The number of hydrogen-bond acceptors (Lipinski definition) is 4. The molecule has 0 bridgehead atoms. The molecule has 0 spiro atoms. The zero-order chi connectivity index (χ0) is 20.2. The Bertz CT molecular complexity index is 1030. The average Bonchev–Trinajstić information content (AvgIpc) is 3.16. The van der Waals surface area contributed by atoms with Crippen molar-refractivity contribution in [1.82, 2.24) is 5.32 Å². The molecule has 1 heterocycles. The van der Waals surface area contributed by atoms with Gasteiger partial charge in [0, 0.05) is 39.3 Å². The van der Waals surface area contributed by atoms with E-state index in [1.54, 1.807) is 12.1 Å². The molecule has 0 amide bonds. The second-order valence-corrected chi connectivity index (χ2v) is 7.85. The molecule has 4 rings (SSSR count). The highest BCUT2D eigenvalue weighted by Crippen LogP contribution is 2.32. The first-order valence-electron chi connectivity index (χ1n) is 9.03. The maximum Gasteiger partial charge on any atom is 0.231 e. The second kappa shape index (κ2) is 10.5. The lowest BCUT2D eigenvalue weighted by Crippen LogP contribution is -3.00. The molecular formula is C22H18Cl4NO3-. The van der Waals surface area contributed by atoms with Crippen molar-refractivity contribution in [3.63, 3.8) is 0 Å². The van der Waals surface area contributed by atoms with E-state index in [9.17, 15) is 0 Å². The van der Waals surface area contributed by atoms with Crippen LogP contribution in [0.2, 0.25) is 15.1 Å². The number of benzene rings is 3. The van der Waals surface area contributed by atoms with E-state index in [1.807, 2.05) is 42.5 Å². The third kappa shape index (κ3) is 5.65. The van der Waals surface area contributed by atoms with Crippen LogP contribution in [-0.2, 0) is 19.7 Å². The van der Waals surface area contributed by atoms with Gasteiger partial charge < -0.3 is 31.9 Å². The summed E-state index contributed by atoms with van der Waals surface area (Å²) in [7, 11) is 0. The van der Waals surface area contributed by atoms with Crippen LogP contribution in [0.25, 0.3) is 0 Å². The Balaban J connectivity index is 0.00000256. The van der Waals surface area contributed by atoms with Crippen LogP contribution in [0.15, 0.2) is 54.6 Å².